The molecule has 2 aromatic rings. The topological polar surface area (TPSA) is 78.9 Å². The Morgan fingerprint density at radius 3 is 2.07 bits per heavy atom. The Labute approximate surface area is 176 Å². The summed E-state index contributed by atoms with van der Waals surface area (Å²) in [7, 11) is 0. The Hall–Kier alpha value is -3.59. The molecule has 30 heavy (non-hydrogen) atoms. The molecule has 0 N–H and O–H groups in total. The van der Waals surface area contributed by atoms with Gasteiger partial charge in [0.2, 0.25) is 0 Å². The van der Waals surface area contributed by atoms with Crippen molar-refractivity contribution in [1.82, 2.24) is 0 Å². The van der Waals surface area contributed by atoms with E-state index in [0.717, 1.165) is 0 Å². The van der Waals surface area contributed by atoms with Crippen LogP contribution in [-0.4, -0.2) is 37.7 Å². The van der Waals surface area contributed by atoms with Crippen LogP contribution < -0.4 is 0 Å². The van der Waals surface area contributed by atoms with E-state index in [9.17, 15) is 14.4 Å². The fourth-order valence-electron chi connectivity index (χ4n) is 2.68. The van der Waals surface area contributed by atoms with Gasteiger partial charge in [0.05, 0.1) is 18.8 Å². The average molecular weight is 408 g/mol. The van der Waals surface area contributed by atoms with Crippen LogP contribution in [-0.2, 0) is 30.2 Å². The molecule has 0 atom stereocenters. The summed E-state index contributed by atoms with van der Waals surface area (Å²) in [4.78, 5) is 36.4. The van der Waals surface area contributed by atoms with Crippen molar-refractivity contribution in [2.24, 2.45) is 5.92 Å². The molecular formula is C24H24O6. The van der Waals surface area contributed by atoms with Crippen LogP contribution in [0.4, 0.5) is 0 Å². The van der Waals surface area contributed by atoms with Crippen LogP contribution >= 0.6 is 0 Å². The van der Waals surface area contributed by atoms with Gasteiger partial charge in [0, 0.05) is 5.56 Å². The van der Waals surface area contributed by atoms with Gasteiger partial charge in [-0.1, -0.05) is 48.2 Å². The molecule has 0 aliphatic heterocycles. The monoisotopic (exact) mass is 408 g/mol. The fourth-order valence-corrected chi connectivity index (χ4v) is 2.68. The number of ether oxygens (including phenoxy) is 3. The average Bonchev–Trinajstić information content (AvgIpc) is 2.76. The van der Waals surface area contributed by atoms with Crippen molar-refractivity contribution in [3.05, 3.63) is 71.3 Å². The molecule has 0 aliphatic rings. The molecule has 0 amide bonds. The highest BCUT2D eigenvalue weighted by Crippen LogP contribution is 2.16. The molecule has 0 spiro atoms. The van der Waals surface area contributed by atoms with Gasteiger partial charge < -0.3 is 14.2 Å². The van der Waals surface area contributed by atoms with Gasteiger partial charge in [-0.2, -0.15) is 0 Å². The van der Waals surface area contributed by atoms with Gasteiger partial charge in [-0.25, -0.2) is 4.79 Å². The van der Waals surface area contributed by atoms with Crippen LogP contribution in [0.1, 0.15) is 35.3 Å². The molecular weight excluding hydrogens is 384 g/mol. The minimum absolute atomic E-state index is 0.0821. The van der Waals surface area contributed by atoms with Crippen LogP contribution in [0.25, 0.3) is 0 Å². The standard InChI is InChI=1S/C24H24O6/c1-3-28-23(26)21(24(27)29-4-2)17-20-14-9-8-11-18(20)15-10-16-30-22(25)19-12-6-5-7-13-19/h5-9,11-14,21H,3-4,16-17H2,1-2H3. The van der Waals surface area contributed by atoms with Crippen LogP contribution in [0.2, 0.25) is 0 Å². The molecule has 0 heterocycles. The van der Waals surface area contributed by atoms with E-state index in [2.05, 4.69) is 11.8 Å². The maximum atomic E-state index is 12.2. The van der Waals surface area contributed by atoms with Crippen LogP contribution in [0.15, 0.2) is 54.6 Å². The SMILES string of the molecule is CCOC(=O)C(Cc1ccccc1C#CCOC(=O)c1ccccc1)C(=O)OCC. The second kappa shape index (κ2) is 12.1. The molecule has 0 radical (unpaired) electrons. The van der Waals surface area contributed by atoms with Gasteiger partial charge in [0.15, 0.2) is 12.5 Å². The quantitative estimate of drug-likeness (QED) is 0.289. The van der Waals surface area contributed by atoms with Crippen LogP contribution in [0.3, 0.4) is 0 Å². The number of esters is 3. The highest BCUT2D eigenvalue weighted by Gasteiger charge is 2.30. The first-order valence-electron chi connectivity index (χ1n) is 9.69. The van der Waals surface area contributed by atoms with Crippen molar-refractivity contribution < 1.29 is 28.6 Å². The minimum atomic E-state index is -1.07. The summed E-state index contributed by atoms with van der Waals surface area (Å²) >= 11 is 0. The molecule has 0 aromatic heterocycles. The zero-order valence-corrected chi connectivity index (χ0v) is 17.1. The van der Waals surface area contributed by atoms with Gasteiger partial charge in [-0.05, 0) is 44.0 Å². The molecule has 2 aromatic carbocycles. The highest BCUT2D eigenvalue weighted by molar-refractivity contribution is 5.95. The Bertz CT molecular complexity index is 905. The van der Waals surface area contributed by atoms with Gasteiger partial charge in [0.25, 0.3) is 0 Å². The molecule has 6 heteroatoms. The van der Waals surface area contributed by atoms with E-state index in [1.54, 1.807) is 62.4 Å². The first kappa shape index (κ1) is 22.7. The van der Waals surface area contributed by atoms with Crippen molar-refractivity contribution in [3.8, 4) is 11.8 Å². The third-order valence-corrected chi connectivity index (χ3v) is 4.09. The lowest BCUT2D eigenvalue weighted by molar-refractivity contribution is -0.161. The number of carbonyl (C=O) groups excluding carboxylic acids is 3. The van der Waals surface area contributed by atoms with Crippen molar-refractivity contribution >= 4 is 17.9 Å². The third-order valence-electron chi connectivity index (χ3n) is 4.09. The summed E-state index contributed by atoms with van der Waals surface area (Å²) in [5, 5.41) is 0. The predicted molar refractivity (Wildman–Crippen MR) is 111 cm³/mol. The molecule has 156 valence electrons. The lowest BCUT2D eigenvalue weighted by Crippen LogP contribution is -2.30. The van der Waals surface area contributed by atoms with Crippen molar-refractivity contribution in [3.63, 3.8) is 0 Å². The normalized spacial score (nSPS) is 9.97. The predicted octanol–water partition coefficient (Wildman–Crippen LogP) is 3.18. The van der Waals surface area contributed by atoms with Gasteiger partial charge in [-0.15, -0.1) is 0 Å². The first-order valence-corrected chi connectivity index (χ1v) is 9.69. The van der Waals surface area contributed by atoms with Crippen LogP contribution in [0, 0.1) is 17.8 Å². The zero-order chi connectivity index (χ0) is 21.8. The Morgan fingerprint density at radius 2 is 1.43 bits per heavy atom. The Balaban J connectivity index is 2.09. The second-order valence-corrected chi connectivity index (χ2v) is 6.16. The van der Waals surface area contributed by atoms with Crippen molar-refractivity contribution in [1.29, 1.82) is 0 Å². The van der Waals surface area contributed by atoms with E-state index >= 15 is 0 Å². The van der Waals surface area contributed by atoms with Gasteiger partial charge >= 0.3 is 17.9 Å². The lowest BCUT2D eigenvalue weighted by atomic mass is 9.95. The molecule has 2 rings (SSSR count). The summed E-state index contributed by atoms with van der Waals surface area (Å²) in [6.07, 6.45) is 0.103. The third kappa shape index (κ3) is 6.78. The van der Waals surface area contributed by atoms with Crippen molar-refractivity contribution in [2.45, 2.75) is 20.3 Å². The summed E-state index contributed by atoms with van der Waals surface area (Å²) < 4.78 is 15.2. The molecule has 0 fully saturated rings. The number of carbonyl (C=O) groups is 3. The lowest BCUT2D eigenvalue weighted by Gasteiger charge is -2.15. The number of hydrogen-bond acceptors (Lipinski definition) is 6. The molecule has 0 saturated carbocycles. The maximum absolute atomic E-state index is 12.2. The molecule has 0 unspecified atom stereocenters. The van der Waals surface area contributed by atoms with Crippen LogP contribution in [0.5, 0.6) is 0 Å². The number of benzene rings is 2. The number of rotatable bonds is 8. The van der Waals surface area contributed by atoms with Gasteiger partial charge in [0.1, 0.15) is 0 Å². The fraction of sp³-hybridized carbons (Fsp3) is 0.292. The minimum Gasteiger partial charge on any atom is -0.465 e. The molecule has 0 bridgehead atoms. The highest BCUT2D eigenvalue weighted by atomic mass is 16.6. The summed E-state index contributed by atoms with van der Waals surface area (Å²) in [5.74, 6) is 2.96. The van der Waals surface area contributed by atoms with E-state index in [-0.39, 0.29) is 26.2 Å². The second-order valence-electron chi connectivity index (χ2n) is 6.16. The summed E-state index contributed by atoms with van der Waals surface area (Å²) in [6, 6.07) is 15.8. The molecule has 6 nitrogen and oxygen atoms in total. The Kier molecular flexibility index (Phi) is 9.14. The Morgan fingerprint density at radius 1 is 0.833 bits per heavy atom. The first-order chi connectivity index (χ1) is 14.6. The summed E-state index contributed by atoms with van der Waals surface area (Å²) in [6.45, 7) is 3.61. The van der Waals surface area contributed by atoms with Crippen molar-refractivity contribution in [2.75, 3.05) is 19.8 Å². The summed E-state index contributed by atoms with van der Waals surface area (Å²) in [5.41, 5.74) is 1.78. The smallest absolute Gasteiger partial charge is 0.339 e. The molecule has 0 aliphatic carbocycles. The maximum Gasteiger partial charge on any atom is 0.339 e. The molecule has 0 saturated heterocycles. The number of hydrogen-bond donors (Lipinski definition) is 0. The van der Waals surface area contributed by atoms with E-state index < -0.39 is 23.8 Å². The van der Waals surface area contributed by atoms with E-state index in [0.29, 0.717) is 16.7 Å². The largest absolute Gasteiger partial charge is 0.465 e. The van der Waals surface area contributed by atoms with E-state index in [1.807, 2.05) is 6.07 Å². The van der Waals surface area contributed by atoms with E-state index in [4.69, 9.17) is 14.2 Å². The van der Waals surface area contributed by atoms with E-state index in [1.165, 1.54) is 0 Å². The van der Waals surface area contributed by atoms with Gasteiger partial charge in [-0.3, -0.25) is 9.59 Å². The zero-order valence-electron chi connectivity index (χ0n) is 17.1.